The molecule has 0 heterocycles. The van der Waals surface area contributed by atoms with Gasteiger partial charge >= 0.3 is 0 Å². The summed E-state index contributed by atoms with van der Waals surface area (Å²) in [5.74, 6) is -0.374. The third-order valence-electron chi connectivity index (χ3n) is 3.80. The maximum Gasteiger partial charge on any atom is 0.240 e. The van der Waals surface area contributed by atoms with Gasteiger partial charge < -0.3 is 4.90 Å². The molecule has 0 radical (unpaired) electrons. The Hall–Kier alpha value is -1.36. The van der Waals surface area contributed by atoms with Gasteiger partial charge in [0.05, 0.1) is 6.04 Å². The van der Waals surface area contributed by atoms with Crippen molar-refractivity contribution in [3.8, 4) is 0 Å². The van der Waals surface area contributed by atoms with Gasteiger partial charge in [0.1, 0.15) is 5.25 Å². The summed E-state index contributed by atoms with van der Waals surface area (Å²) in [4.78, 5) is 13.8. The monoisotopic (exact) mass is 297 g/mol. The molecule has 0 aliphatic heterocycles. The van der Waals surface area contributed by atoms with Gasteiger partial charge in [-0.2, -0.15) is 0 Å². The van der Waals surface area contributed by atoms with E-state index in [4.69, 9.17) is 0 Å². The number of sulfone groups is 1. The van der Waals surface area contributed by atoms with Gasteiger partial charge in [0.2, 0.25) is 5.91 Å². The molecule has 1 aromatic carbocycles. The fourth-order valence-electron chi connectivity index (χ4n) is 2.08. The Morgan fingerprint density at radius 1 is 1.20 bits per heavy atom. The van der Waals surface area contributed by atoms with E-state index in [2.05, 4.69) is 0 Å². The van der Waals surface area contributed by atoms with Gasteiger partial charge in [0.25, 0.3) is 0 Å². The molecule has 1 rings (SSSR count). The Kier molecular flexibility index (Phi) is 4.97. The number of carbonyl (C=O) groups excluding carboxylic acids is 1. The Labute approximate surface area is 121 Å². The molecule has 5 heteroatoms. The zero-order chi connectivity index (χ0) is 15.7. The van der Waals surface area contributed by atoms with Crippen molar-refractivity contribution >= 4 is 15.7 Å². The Balaban J connectivity index is 3.05. The molecule has 0 aliphatic rings. The van der Waals surface area contributed by atoms with Crippen molar-refractivity contribution in [2.24, 2.45) is 0 Å². The highest BCUT2D eigenvalue weighted by molar-refractivity contribution is 7.92. The third-order valence-corrected chi connectivity index (χ3v) is 5.29. The Bertz CT molecular complexity index is 608. The normalized spacial score (nSPS) is 14.7. The van der Waals surface area contributed by atoms with Crippen LogP contribution in [-0.2, 0) is 14.6 Å². The van der Waals surface area contributed by atoms with Gasteiger partial charge in [-0.05, 0) is 38.8 Å². The van der Waals surface area contributed by atoms with Crippen LogP contribution in [0.1, 0.15) is 36.6 Å². The summed E-state index contributed by atoms with van der Waals surface area (Å²) < 4.78 is 23.0. The molecule has 0 bridgehead atoms. The van der Waals surface area contributed by atoms with Gasteiger partial charge in [-0.15, -0.1) is 0 Å². The lowest BCUT2D eigenvalue weighted by molar-refractivity contribution is -0.131. The third kappa shape index (κ3) is 3.60. The molecule has 0 N–H and O–H groups in total. The second-order valence-electron chi connectivity index (χ2n) is 5.46. The molecule has 0 saturated heterocycles. The molecule has 1 aromatic rings. The van der Waals surface area contributed by atoms with E-state index in [1.165, 1.54) is 11.8 Å². The van der Waals surface area contributed by atoms with Gasteiger partial charge in [0, 0.05) is 13.3 Å². The van der Waals surface area contributed by atoms with E-state index in [9.17, 15) is 13.2 Å². The number of benzene rings is 1. The molecule has 2 unspecified atom stereocenters. The van der Waals surface area contributed by atoms with Crippen molar-refractivity contribution in [3.63, 3.8) is 0 Å². The van der Waals surface area contributed by atoms with E-state index in [0.29, 0.717) is 0 Å². The molecule has 20 heavy (non-hydrogen) atoms. The summed E-state index contributed by atoms with van der Waals surface area (Å²) in [6.45, 7) is 7.33. The topological polar surface area (TPSA) is 54.5 Å². The predicted octanol–water partition coefficient (Wildman–Crippen LogP) is 2.26. The molecule has 0 fully saturated rings. The number of hydrogen-bond acceptors (Lipinski definition) is 3. The van der Waals surface area contributed by atoms with Crippen LogP contribution in [0.15, 0.2) is 18.2 Å². The first-order chi connectivity index (χ1) is 9.05. The van der Waals surface area contributed by atoms with Crippen molar-refractivity contribution in [3.05, 3.63) is 34.9 Å². The highest BCUT2D eigenvalue weighted by atomic mass is 32.2. The number of aryl methyl sites for hydroxylation is 2. The molecule has 0 aliphatic carbocycles. The lowest BCUT2D eigenvalue weighted by Crippen LogP contribution is -2.40. The lowest BCUT2D eigenvalue weighted by atomic mass is 9.99. The van der Waals surface area contributed by atoms with Gasteiger partial charge in [0.15, 0.2) is 9.84 Å². The summed E-state index contributed by atoms with van der Waals surface area (Å²) in [5, 5.41) is -1.01. The summed E-state index contributed by atoms with van der Waals surface area (Å²) in [5.41, 5.74) is 3.26. The molecule has 1 amide bonds. The first-order valence-corrected chi connectivity index (χ1v) is 8.54. The molecule has 2 atom stereocenters. The zero-order valence-corrected chi connectivity index (χ0v) is 13.8. The lowest BCUT2D eigenvalue weighted by Gasteiger charge is -2.28. The minimum atomic E-state index is -3.37. The minimum absolute atomic E-state index is 0.161. The number of carbonyl (C=O) groups is 1. The molecule has 4 nitrogen and oxygen atoms in total. The maximum absolute atomic E-state index is 12.2. The first kappa shape index (κ1) is 16.7. The predicted molar refractivity (Wildman–Crippen MR) is 81.4 cm³/mol. The summed E-state index contributed by atoms with van der Waals surface area (Å²) in [7, 11) is -1.72. The Morgan fingerprint density at radius 2 is 1.75 bits per heavy atom. The average molecular weight is 297 g/mol. The number of rotatable bonds is 4. The van der Waals surface area contributed by atoms with Crippen LogP contribution in [0.5, 0.6) is 0 Å². The second-order valence-corrected chi connectivity index (χ2v) is 7.82. The van der Waals surface area contributed by atoms with Crippen LogP contribution >= 0.6 is 0 Å². The van der Waals surface area contributed by atoms with Crippen LogP contribution in [0.25, 0.3) is 0 Å². The van der Waals surface area contributed by atoms with E-state index in [1.807, 2.05) is 39.0 Å². The van der Waals surface area contributed by atoms with Crippen molar-refractivity contribution in [1.82, 2.24) is 4.90 Å². The second kappa shape index (κ2) is 5.95. The molecular formula is C15H23NO3S. The first-order valence-electron chi connectivity index (χ1n) is 6.58. The molecular weight excluding hydrogens is 274 g/mol. The number of nitrogens with zero attached hydrogens (tertiary/aromatic N) is 1. The van der Waals surface area contributed by atoms with E-state index in [-0.39, 0.29) is 11.9 Å². The molecule has 0 aromatic heterocycles. The molecule has 0 spiro atoms. The number of hydrogen-bond donors (Lipinski definition) is 0. The van der Waals surface area contributed by atoms with E-state index in [0.717, 1.165) is 22.9 Å². The Morgan fingerprint density at radius 3 is 2.25 bits per heavy atom. The largest absolute Gasteiger partial charge is 0.338 e. The fraction of sp³-hybridized carbons (Fsp3) is 0.533. The van der Waals surface area contributed by atoms with Crippen molar-refractivity contribution in [1.29, 1.82) is 0 Å². The summed E-state index contributed by atoms with van der Waals surface area (Å²) in [6.07, 6.45) is 1.09. The highest BCUT2D eigenvalue weighted by Crippen LogP contribution is 2.24. The van der Waals surface area contributed by atoms with Crippen LogP contribution < -0.4 is 0 Å². The van der Waals surface area contributed by atoms with Crippen LogP contribution in [-0.4, -0.2) is 37.8 Å². The standard InChI is InChI=1S/C15H23NO3S/c1-10-7-8-11(2)14(9-10)12(3)16(5)15(17)13(4)20(6,18)19/h7-9,12-13H,1-6H3. The van der Waals surface area contributed by atoms with Crippen molar-refractivity contribution < 1.29 is 13.2 Å². The van der Waals surface area contributed by atoms with E-state index in [1.54, 1.807) is 7.05 Å². The number of amides is 1. The summed E-state index contributed by atoms with van der Waals surface area (Å²) in [6, 6.07) is 5.91. The van der Waals surface area contributed by atoms with Crippen LogP contribution in [0.2, 0.25) is 0 Å². The SMILES string of the molecule is Cc1ccc(C)c(C(C)N(C)C(=O)C(C)S(C)(=O)=O)c1. The van der Waals surface area contributed by atoms with E-state index >= 15 is 0 Å². The maximum atomic E-state index is 12.2. The summed E-state index contributed by atoms with van der Waals surface area (Å²) >= 11 is 0. The highest BCUT2D eigenvalue weighted by Gasteiger charge is 2.29. The van der Waals surface area contributed by atoms with Crippen LogP contribution in [0.4, 0.5) is 0 Å². The quantitative estimate of drug-likeness (QED) is 0.856. The average Bonchev–Trinajstić information content (AvgIpc) is 2.37. The zero-order valence-electron chi connectivity index (χ0n) is 13.0. The minimum Gasteiger partial charge on any atom is -0.338 e. The van der Waals surface area contributed by atoms with Gasteiger partial charge in [-0.25, -0.2) is 8.42 Å². The smallest absolute Gasteiger partial charge is 0.240 e. The van der Waals surface area contributed by atoms with Gasteiger partial charge in [-0.3, -0.25) is 4.79 Å². The van der Waals surface area contributed by atoms with E-state index < -0.39 is 15.1 Å². The molecule has 0 saturated carbocycles. The fourth-order valence-corrected chi connectivity index (χ4v) is 2.61. The van der Waals surface area contributed by atoms with Crippen molar-refractivity contribution in [2.45, 2.75) is 39.0 Å². The van der Waals surface area contributed by atoms with Crippen LogP contribution in [0, 0.1) is 13.8 Å². The van der Waals surface area contributed by atoms with Crippen molar-refractivity contribution in [2.75, 3.05) is 13.3 Å². The molecule has 112 valence electrons. The van der Waals surface area contributed by atoms with Gasteiger partial charge in [-0.1, -0.05) is 23.8 Å². The van der Waals surface area contributed by atoms with Crippen LogP contribution in [0.3, 0.4) is 0 Å².